The molecule has 19 heavy (non-hydrogen) atoms. The van der Waals surface area contributed by atoms with E-state index in [9.17, 15) is 14.3 Å². The van der Waals surface area contributed by atoms with Gasteiger partial charge in [-0.1, -0.05) is 31.4 Å². The predicted octanol–water partition coefficient (Wildman–Crippen LogP) is 3.49. The number of carboxylic acids is 1. The first kappa shape index (κ1) is 13.8. The van der Waals surface area contributed by atoms with Gasteiger partial charge in [0.2, 0.25) is 0 Å². The van der Waals surface area contributed by atoms with Crippen LogP contribution in [0.2, 0.25) is 0 Å². The van der Waals surface area contributed by atoms with Crippen LogP contribution < -0.4 is 4.74 Å². The van der Waals surface area contributed by atoms with E-state index in [1.54, 1.807) is 12.1 Å². The Morgan fingerprint density at radius 1 is 1.32 bits per heavy atom. The highest BCUT2D eigenvalue weighted by Gasteiger charge is 2.30. The van der Waals surface area contributed by atoms with Crippen LogP contribution in [-0.2, 0) is 4.79 Å². The van der Waals surface area contributed by atoms with Crippen LogP contribution in [0.5, 0.6) is 5.75 Å². The van der Waals surface area contributed by atoms with E-state index in [1.165, 1.54) is 18.6 Å². The summed E-state index contributed by atoms with van der Waals surface area (Å²) in [6.45, 7) is 0.0426. The Kier molecular flexibility index (Phi) is 4.77. The van der Waals surface area contributed by atoms with Gasteiger partial charge in [0.05, 0.1) is 5.92 Å². The Balaban J connectivity index is 1.97. The molecule has 0 spiro atoms. The van der Waals surface area contributed by atoms with E-state index in [0.29, 0.717) is 0 Å². The van der Waals surface area contributed by atoms with Gasteiger partial charge in [0, 0.05) is 0 Å². The smallest absolute Gasteiger partial charge is 0.310 e. The topological polar surface area (TPSA) is 46.5 Å². The molecule has 3 nitrogen and oxygen atoms in total. The zero-order valence-corrected chi connectivity index (χ0v) is 10.8. The number of carboxylic acid groups (broad SMARTS) is 1. The number of hydrogen-bond donors (Lipinski definition) is 1. The Morgan fingerprint density at radius 3 is 2.63 bits per heavy atom. The summed E-state index contributed by atoms with van der Waals surface area (Å²) in [7, 11) is 0. The molecular weight excluding hydrogens is 247 g/mol. The number of para-hydroxylation sites is 1. The minimum Gasteiger partial charge on any atom is -0.490 e. The summed E-state index contributed by atoms with van der Waals surface area (Å²) in [5.41, 5.74) is 0. The Morgan fingerprint density at radius 2 is 2.00 bits per heavy atom. The predicted molar refractivity (Wildman–Crippen MR) is 69.6 cm³/mol. The number of benzene rings is 1. The van der Waals surface area contributed by atoms with Crippen LogP contribution in [-0.4, -0.2) is 17.7 Å². The first-order valence-corrected chi connectivity index (χ1v) is 6.78. The SMILES string of the molecule is O=C(O)C(COc1ccccc1F)C1CCCCC1. The summed E-state index contributed by atoms with van der Waals surface area (Å²) in [4.78, 5) is 11.3. The lowest BCUT2D eigenvalue weighted by molar-refractivity contribution is -0.145. The molecule has 1 aromatic rings. The lowest BCUT2D eigenvalue weighted by Gasteiger charge is -2.27. The Hall–Kier alpha value is -1.58. The number of rotatable bonds is 5. The molecule has 104 valence electrons. The second-order valence-electron chi connectivity index (χ2n) is 5.08. The second kappa shape index (κ2) is 6.55. The van der Waals surface area contributed by atoms with Crippen molar-refractivity contribution in [2.75, 3.05) is 6.61 Å². The molecule has 0 bridgehead atoms. The maximum atomic E-state index is 13.4. The van der Waals surface area contributed by atoms with Gasteiger partial charge in [0.25, 0.3) is 0 Å². The summed E-state index contributed by atoms with van der Waals surface area (Å²) in [6, 6.07) is 6.09. The van der Waals surface area contributed by atoms with Gasteiger partial charge in [-0.15, -0.1) is 0 Å². The van der Waals surface area contributed by atoms with Crippen molar-refractivity contribution in [3.05, 3.63) is 30.1 Å². The van der Waals surface area contributed by atoms with E-state index in [2.05, 4.69) is 0 Å². The van der Waals surface area contributed by atoms with Crippen molar-refractivity contribution in [3.63, 3.8) is 0 Å². The number of aliphatic carboxylic acids is 1. The minimum atomic E-state index is -0.844. The van der Waals surface area contributed by atoms with Gasteiger partial charge < -0.3 is 9.84 Å². The lowest BCUT2D eigenvalue weighted by Crippen LogP contribution is -2.31. The van der Waals surface area contributed by atoms with Crippen molar-refractivity contribution in [2.45, 2.75) is 32.1 Å². The summed E-state index contributed by atoms with van der Waals surface area (Å²) in [5.74, 6) is -1.55. The molecule has 1 unspecified atom stereocenters. The van der Waals surface area contributed by atoms with Crippen molar-refractivity contribution in [1.82, 2.24) is 0 Å². The first-order chi connectivity index (χ1) is 9.18. The molecule has 0 heterocycles. The number of hydrogen-bond acceptors (Lipinski definition) is 2. The van der Waals surface area contributed by atoms with E-state index in [0.717, 1.165) is 25.7 Å². The molecule has 0 aromatic heterocycles. The monoisotopic (exact) mass is 266 g/mol. The third kappa shape index (κ3) is 3.69. The third-order valence-electron chi connectivity index (χ3n) is 3.79. The molecule has 1 aliphatic carbocycles. The van der Waals surface area contributed by atoms with Crippen LogP contribution in [0.25, 0.3) is 0 Å². The van der Waals surface area contributed by atoms with Crippen LogP contribution in [0.15, 0.2) is 24.3 Å². The van der Waals surface area contributed by atoms with Crippen molar-refractivity contribution < 1.29 is 19.0 Å². The summed E-state index contributed by atoms with van der Waals surface area (Å²) in [5, 5.41) is 9.30. The quantitative estimate of drug-likeness (QED) is 0.887. The van der Waals surface area contributed by atoms with Crippen molar-refractivity contribution in [3.8, 4) is 5.75 Å². The highest BCUT2D eigenvalue weighted by Crippen LogP contribution is 2.31. The largest absolute Gasteiger partial charge is 0.490 e. The van der Waals surface area contributed by atoms with Crippen LogP contribution >= 0.6 is 0 Å². The minimum absolute atomic E-state index is 0.0426. The summed E-state index contributed by atoms with van der Waals surface area (Å²) >= 11 is 0. The first-order valence-electron chi connectivity index (χ1n) is 6.78. The van der Waals surface area contributed by atoms with Crippen molar-refractivity contribution in [1.29, 1.82) is 0 Å². The Labute approximate surface area is 112 Å². The summed E-state index contributed by atoms with van der Waals surface area (Å²) in [6.07, 6.45) is 5.19. The molecular formula is C15H19FO3. The van der Waals surface area contributed by atoms with Crippen LogP contribution in [0, 0.1) is 17.7 Å². The van der Waals surface area contributed by atoms with Gasteiger partial charge in [-0.2, -0.15) is 0 Å². The number of carbonyl (C=O) groups is 1. The van der Waals surface area contributed by atoms with Gasteiger partial charge >= 0.3 is 5.97 Å². The average Bonchev–Trinajstić information content (AvgIpc) is 2.42. The molecule has 1 N–H and O–H groups in total. The fourth-order valence-corrected chi connectivity index (χ4v) is 2.69. The number of halogens is 1. The van der Waals surface area contributed by atoms with E-state index < -0.39 is 17.7 Å². The molecule has 1 fully saturated rings. The molecule has 4 heteroatoms. The van der Waals surface area contributed by atoms with Gasteiger partial charge in [0.15, 0.2) is 11.6 Å². The Bertz CT molecular complexity index is 427. The van der Waals surface area contributed by atoms with E-state index in [4.69, 9.17) is 4.74 Å². The average molecular weight is 266 g/mol. The van der Waals surface area contributed by atoms with Crippen LogP contribution in [0.3, 0.4) is 0 Å². The zero-order chi connectivity index (χ0) is 13.7. The molecule has 1 saturated carbocycles. The molecule has 1 aliphatic rings. The maximum absolute atomic E-state index is 13.4. The fraction of sp³-hybridized carbons (Fsp3) is 0.533. The summed E-state index contributed by atoms with van der Waals surface area (Å²) < 4.78 is 18.8. The van der Waals surface area contributed by atoms with E-state index in [1.807, 2.05) is 0 Å². The molecule has 1 atom stereocenters. The second-order valence-corrected chi connectivity index (χ2v) is 5.08. The highest BCUT2D eigenvalue weighted by atomic mass is 19.1. The van der Waals surface area contributed by atoms with E-state index >= 15 is 0 Å². The van der Waals surface area contributed by atoms with Gasteiger partial charge in [-0.3, -0.25) is 4.79 Å². The zero-order valence-electron chi connectivity index (χ0n) is 10.8. The maximum Gasteiger partial charge on any atom is 0.310 e. The normalized spacial score (nSPS) is 17.9. The lowest BCUT2D eigenvalue weighted by atomic mass is 9.80. The molecule has 0 radical (unpaired) electrons. The molecule has 1 aromatic carbocycles. The molecule has 2 rings (SSSR count). The fourth-order valence-electron chi connectivity index (χ4n) is 2.69. The van der Waals surface area contributed by atoms with Crippen molar-refractivity contribution in [2.24, 2.45) is 11.8 Å². The molecule has 0 saturated heterocycles. The van der Waals surface area contributed by atoms with Gasteiger partial charge in [0.1, 0.15) is 6.61 Å². The van der Waals surface area contributed by atoms with Gasteiger partial charge in [-0.05, 0) is 30.9 Å². The van der Waals surface area contributed by atoms with Crippen LogP contribution in [0.1, 0.15) is 32.1 Å². The highest BCUT2D eigenvalue weighted by molar-refractivity contribution is 5.70. The molecule has 0 aliphatic heterocycles. The third-order valence-corrected chi connectivity index (χ3v) is 3.79. The van der Waals surface area contributed by atoms with Crippen molar-refractivity contribution >= 4 is 5.97 Å². The van der Waals surface area contributed by atoms with Gasteiger partial charge in [-0.25, -0.2) is 4.39 Å². The number of ether oxygens (including phenoxy) is 1. The van der Waals surface area contributed by atoms with E-state index in [-0.39, 0.29) is 18.3 Å². The standard InChI is InChI=1S/C15H19FO3/c16-13-8-4-5-9-14(13)19-10-12(15(17)18)11-6-2-1-3-7-11/h4-5,8-9,11-12H,1-3,6-7,10H2,(H,17,18). The molecule has 0 amide bonds. The van der Waals surface area contributed by atoms with Crippen LogP contribution in [0.4, 0.5) is 4.39 Å².